The molecule has 0 amide bonds. The van der Waals surface area contributed by atoms with Gasteiger partial charge in [-0.25, -0.2) is 19.7 Å². The minimum Gasteiger partial charge on any atom is -0.462 e. The first-order chi connectivity index (χ1) is 15.6. The van der Waals surface area contributed by atoms with Crippen molar-refractivity contribution in [3.8, 4) is 11.4 Å². The maximum Gasteiger partial charge on any atom is 0.343 e. The van der Waals surface area contributed by atoms with Crippen molar-refractivity contribution in [2.24, 2.45) is 0 Å². The van der Waals surface area contributed by atoms with E-state index < -0.39 is 5.97 Å². The van der Waals surface area contributed by atoms with Gasteiger partial charge < -0.3 is 10.1 Å². The molecule has 0 fully saturated rings. The molecular weight excluding hydrogens is 444 g/mol. The third-order valence-electron chi connectivity index (χ3n) is 4.62. The van der Waals surface area contributed by atoms with E-state index in [1.165, 1.54) is 11.8 Å². The van der Waals surface area contributed by atoms with Gasteiger partial charge in [-0.05, 0) is 36.8 Å². The number of carbonyl (C=O) groups excluding carboxylic acids is 1. The van der Waals surface area contributed by atoms with Crippen LogP contribution in [0.3, 0.4) is 0 Å². The highest BCUT2D eigenvalue weighted by atomic mass is 35.5. The average Bonchev–Trinajstić information content (AvgIpc) is 3.26. The number of anilines is 1. The summed E-state index contributed by atoms with van der Waals surface area (Å²) in [5.41, 5.74) is 3.17. The van der Waals surface area contributed by atoms with E-state index in [9.17, 15) is 4.79 Å². The van der Waals surface area contributed by atoms with E-state index >= 15 is 0 Å². The van der Waals surface area contributed by atoms with Crippen molar-refractivity contribution in [1.82, 2.24) is 15.0 Å². The van der Waals surface area contributed by atoms with E-state index in [-0.39, 0.29) is 12.2 Å². The number of nitrogens with one attached hydrogen (secondary N) is 1. The van der Waals surface area contributed by atoms with Crippen molar-refractivity contribution >= 4 is 34.7 Å². The fourth-order valence-corrected chi connectivity index (χ4v) is 4.02. The lowest BCUT2D eigenvalue weighted by atomic mass is 10.2. The van der Waals surface area contributed by atoms with Crippen LogP contribution in [0, 0.1) is 0 Å². The third-order valence-corrected chi connectivity index (χ3v) is 5.77. The Hall–Kier alpha value is -3.29. The van der Waals surface area contributed by atoms with Crippen molar-refractivity contribution < 1.29 is 9.53 Å². The second-order valence-electron chi connectivity index (χ2n) is 6.93. The lowest BCUT2D eigenvalue weighted by molar-refractivity contribution is 0.0526. The molecule has 0 aliphatic rings. The molecule has 0 bridgehead atoms. The minimum absolute atomic E-state index is 0.270. The second kappa shape index (κ2) is 10.3. The molecule has 0 spiro atoms. The molecule has 0 atom stereocenters. The van der Waals surface area contributed by atoms with Gasteiger partial charge in [-0.15, -0.1) is 11.3 Å². The highest BCUT2D eigenvalue weighted by molar-refractivity contribution is 7.09. The van der Waals surface area contributed by atoms with Gasteiger partial charge in [0.15, 0.2) is 5.82 Å². The third kappa shape index (κ3) is 5.49. The van der Waals surface area contributed by atoms with E-state index in [2.05, 4.69) is 27.4 Å². The molecule has 2 aromatic carbocycles. The average molecular weight is 465 g/mol. The minimum atomic E-state index is -0.472. The number of hydrogen-bond acceptors (Lipinski definition) is 7. The monoisotopic (exact) mass is 464 g/mol. The molecule has 2 aromatic heterocycles. The molecule has 6 nitrogen and oxygen atoms in total. The first-order valence-electron chi connectivity index (χ1n) is 10.1. The molecule has 0 saturated heterocycles. The van der Waals surface area contributed by atoms with Gasteiger partial charge in [0.25, 0.3) is 0 Å². The van der Waals surface area contributed by atoms with Crippen LogP contribution in [0.25, 0.3) is 11.4 Å². The predicted molar refractivity (Wildman–Crippen MR) is 127 cm³/mol. The lowest BCUT2D eigenvalue weighted by Crippen LogP contribution is -2.13. The van der Waals surface area contributed by atoms with Gasteiger partial charge in [0.2, 0.25) is 0 Å². The Morgan fingerprint density at radius 2 is 1.88 bits per heavy atom. The van der Waals surface area contributed by atoms with Crippen LogP contribution in [0.1, 0.15) is 33.5 Å². The number of nitrogens with zero attached hydrogens (tertiary/aromatic N) is 3. The molecule has 162 valence electrons. The summed E-state index contributed by atoms with van der Waals surface area (Å²) in [5, 5.41) is 6.90. The highest BCUT2D eigenvalue weighted by Gasteiger charge is 2.17. The van der Waals surface area contributed by atoms with Gasteiger partial charge in [-0.3, -0.25) is 0 Å². The van der Waals surface area contributed by atoms with E-state index in [4.69, 9.17) is 21.3 Å². The lowest BCUT2D eigenvalue weighted by Gasteiger charge is -2.11. The Kier molecular flexibility index (Phi) is 7.09. The first-order valence-corrected chi connectivity index (χ1v) is 11.4. The van der Waals surface area contributed by atoms with Gasteiger partial charge in [-0.1, -0.05) is 41.9 Å². The van der Waals surface area contributed by atoms with Crippen LogP contribution in [0.2, 0.25) is 5.02 Å². The van der Waals surface area contributed by atoms with Gasteiger partial charge >= 0.3 is 5.97 Å². The Labute approximate surface area is 195 Å². The Balaban J connectivity index is 1.53. The number of hydrogen-bond donors (Lipinski definition) is 1. The fraction of sp³-hybridized carbons (Fsp3) is 0.167. The van der Waals surface area contributed by atoms with Crippen molar-refractivity contribution in [2.45, 2.75) is 19.9 Å². The second-order valence-corrected chi connectivity index (χ2v) is 8.31. The summed E-state index contributed by atoms with van der Waals surface area (Å²) in [4.78, 5) is 26.0. The summed E-state index contributed by atoms with van der Waals surface area (Å²) in [6, 6.07) is 17.4. The summed E-state index contributed by atoms with van der Waals surface area (Å²) in [6.45, 7) is 2.46. The van der Waals surface area contributed by atoms with Gasteiger partial charge in [0, 0.05) is 28.6 Å². The Morgan fingerprint density at radius 3 is 2.62 bits per heavy atom. The van der Waals surface area contributed by atoms with Crippen LogP contribution >= 0.6 is 22.9 Å². The number of aromatic nitrogens is 3. The number of carbonyl (C=O) groups is 1. The molecule has 32 heavy (non-hydrogen) atoms. The molecular formula is C24H21ClN4O2S. The molecule has 0 aliphatic heterocycles. The summed E-state index contributed by atoms with van der Waals surface area (Å²) in [7, 11) is 0. The van der Waals surface area contributed by atoms with E-state index in [1.807, 2.05) is 35.7 Å². The van der Waals surface area contributed by atoms with E-state index in [0.717, 1.165) is 22.7 Å². The van der Waals surface area contributed by atoms with Crippen LogP contribution in [0.4, 0.5) is 5.82 Å². The quantitative estimate of drug-likeness (QED) is 0.340. The number of esters is 1. The smallest absolute Gasteiger partial charge is 0.343 e. The summed E-state index contributed by atoms with van der Waals surface area (Å²) < 4.78 is 5.16. The van der Waals surface area contributed by atoms with Crippen molar-refractivity contribution in [3.05, 3.63) is 93.0 Å². The van der Waals surface area contributed by atoms with Crippen molar-refractivity contribution in [3.63, 3.8) is 0 Å². The van der Waals surface area contributed by atoms with Crippen LogP contribution in [0.5, 0.6) is 0 Å². The van der Waals surface area contributed by atoms with Crippen molar-refractivity contribution in [2.75, 3.05) is 11.9 Å². The van der Waals surface area contributed by atoms with Gasteiger partial charge in [0.05, 0.1) is 23.9 Å². The standard InChI is InChI=1S/C24H21ClN4O2S/c1-2-31-24(30)20-14-27-22(17-8-10-18(25)11-9-17)29-23(20)26-13-19-15-32-21(28-19)12-16-6-4-3-5-7-16/h3-11,14-15H,2,12-13H2,1H3,(H,26,27,29). The molecule has 2 heterocycles. The first kappa shape index (κ1) is 21.9. The SMILES string of the molecule is CCOC(=O)c1cnc(-c2ccc(Cl)cc2)nc1NCc1csc(Cc2ccccc2)n1. The van der Waals surface area contributed by atoms with Crippen LogP contribution < -0.4 is 5.32 Å². The number of thiazole rings is 1. The number of benzene rings is 2. The Morgan fingerprint density at radius 1 is 1.09 bits per heavy atom. The number of ether oxygens (including phenoxy) is 1. The van der Waals surface area contributed by atoms with Crippen LogP contribution in [-0.4, -0.2) is 27.5 Å². The summed E-state index contributed by atoms with van der Waals surface area (Å²) in [6.07, 6.45) is 2.27. The maximum atomic E-state index is 12.4. The maximum absolute atomic E-state index is 12.4. The largest absolute Gasteiger partial charge is 0.462 e. The highest BCUT2D eigenvalue weighted by Crippen LogP contribution is 2.23. The molecule has 0 saturated carbocycles. The van der Waals surface area contributed by atoms with E-state index in [0.29, 0.717) is 23.2 Å². The predicted octanol–water partition coefficient (Wildman–Crippen LogP) is 5.63. The molecule has 0 unspecified atom stereocenters. The zero-order valence-electron chi connectivity index (χ0n) is 17.4. The zero-order valence-corrected chi connectivity index (χ0v) is 19.0. The molecule has 4 rings (SSSR count). The fourth-order valence-electron chi connectivity index (χ4n) is 3.07. The van der Waals surface area contributed by atoms with E-state index in [1.54, 1.807) is 30.4 Å². The summed E-state index contributed by atoms with van der Waals surface area (Å²) in [5.74, 6) is 0.418. The topological polar surface area (TPSA) is 77.0 Å². The van der Waals surface area contributed by atoms with Crippen molar-refractivity contribution in [1.29, 1.82) is 0 Å². The zero-order chi connectivity index (χ0) is 22.3. The Bertz CT molecular complexity index is 1200. The molecule has 4 aromatic rings. The number of halogens is 1. The molecule has 8 heteroatoms. The molecule has 0 radical (unpaired) electrons. The molecule has 1 N–H and O–H groups in total. The van der Waals surface area contributed by atoms with Crippen LogP contribution in [0.15, 0.2) is 66.2 Å². The van der Waals surface area contributed by atoms with Gasteiger partial charge in [-0.2, -0.15) is 0 Å². The van der Waals surface area contributed by atoms with Gasteiger partial charge in [0.1, 0.15) is 11.4 Å². The summed E-state index contributed by atoms with van der Waals surface area (Å²) >= 11 is 7.59. The molecule has 0 aliphatic carbocycles. The van der Waals surface area contributed by atoms with Crippen LogP contribution in [-0.2, 0) is 17.7 Å². The normalized spacial score (nSPS) is 10.7. The number of rotatable bonds is 8.